The van der Waals surface area contributed by atoms with Crippen LogP contribution in [0.25, 0.3) is 44.1 Å². The van der Waals surface area contributed by atoms with E-state index in [9.17, 15) is 26.3 Å². The van der Waals surface area contributed by atoms with E-state index >= 15 is 0 Å². The summed E-state index contributed by atoms with van der Waals surface area (Å²) in [6.07, 6.45) is -9.53. The van der Waals surface area contributed by atoms with E-state index in [1.54, 1.807) is 39.8 Å². The fourth-order valence-corrected chi connectivity index (χ4v) is 7.85. The molecule has 0 aliphatic heterocycles. The average molecular weight is 753 g/mol. The number of benzene rings is 5. The Morgan fingerprint density at radius 3 is 1.28 bits per heavy atom. The number of fused-ring (bicyclic) bond motifs is 2. The number of hydrogen-bond donors (Lipinski definition) is 0. The Morgan fingerprint density at radius 2 is 0.889 bits per heavy atom. The first kappa shape index (κ1) is 36.8. The maximum Gasteiger partial charge on any atom is 1.20 e. The second-order valence-electron chi connectivity index (χ2n) is 13.0. The molecule has 5 aromatic carbocycles. The summed E-state index contributed by atoms with van der Waals surface area (Å²) in [6.45, 7) is 6.72. The zero-order valence-electron chi connectivity index (χ0n) is 29.4. The molecule has 0 N–H and O–H groups in total. The minimum absolute atomic E-state index is 0.114. The normalized spacial score (nSPS) is 11.9. The molecular formula is C42H31AlF6N2O3. The number of hydrogen-bond acceptors (Lipinski definition) is 5. The SMILES string of the molecule is Cc1cc(C)c2cc(C(F)(F)F)cc([O][Al]([O]c3c(-c4ccccc4)cccc3-c3ccccc3)[O]c3cc(C(F)(F)F)cc4c(C)cc(C)nc34)c2n1. The Morgan fingerprint density at radius 1 is 0.481 bits per heavy atom. The van der Waals surface area contributed by atoms with Gasteiger partial charge in [0.2, 0.25) is 0 Å². The van der Waals surface area contributed by atoms with Crippen molar-refractivity contribution >= 4 is 37.0 Å². The first-order valence-corrected chi connectivity index (χ1v) is 18.3. The molecule has 7 rings (SSSR count). The maximum absolute atomic E-state index is 14.4. The van der Waals surface area contributed by atoms with Crippen LogP contribution in [0.1, 0.15) is 33.6 Å². The third-order valence-corrected chi connectivity index (χ3v) is 10.2. The van der Waals surface area contributed by atoms with E-state index in [2.05, 4.69) is 9.97 Å². The van der Waals surface area contributed by atoms with E-state index in [0.717, 1.165) is 35.4 Å². The third kappa shape index (κ3) is 7.58. The molecule has 0 amide bonds. The molecule has 5 nitrogen and oxygen atoms in total. The van der Waals surface area contributed by atoms with Crippen molar-refractivity contribution in [2.45, 2.75) is 40.0 Å². The smallest absolute Gasteiger partial charge is 0.576 e. The predicted molar refractivity (Wildman–Crippen MR) is 197 cm³/mol. The van der Waals surface area contributed by atoms with E-state index < -0.39 is 38.6 Å². The Hall–Kier alpha value is -5.57. The zero-order chi connectivity index (χ0) is 38.4. The topological polar surface area (TPSA) is 53.5 Å². The summed E-state index contributed by atoms with van der Waals surface area (Å²) >= 11 is -3.96. The van der Waals surface area contributed by atoms with Gasteiger partial charge in [-0.1, -0.05) is 78.9 Å². The van der Waals surface area contributed by atoms with Crippen LogP contribution in [0.2, 0.25) is 0 Å². The van der Waals surface area contributed by atoms with Crippen LogP contribution in [-0.4, -0.2) is 25.1 Å². The number of para-hydroxylation sites is 1. The fourth-order valence-electron chi connectivity index (χ4n) is 6.48. The Balaban J connectivity index is 1.48. The molecule has 0 atom stereocenters. The van der Waals surface area contributed by atoms with Gasteiger partial charge in [-0.3, -0.25) is 0 Å². The van der Waals surface area contributed by atoms with Gasteiger partial charge in [0.05, 0.1) is 11.1 Å². The van der Waals surface area contributed by atoms with Gasteiger partial charge in [0.15, 0.2) is 0 Å². The second kappa shape index (κ2) is 14.3. The van der Waals surface area contributed by atoms with Crippen LogP contribution < -0.4 is 11.4 Å². The molecule has 2 aromatic heterocycles. The summed E-state index contributed by atoms with van der Waals surface area (Å²) < 4.78 is 106. The molecule has 54 heavy (non-hydrogen) atoms. The van der Waals surface area contributed by atoms with Gasteiger partial charge >= 0.3 is 27.5 Å². The Labute approximate surface area is 312 Å². The average Bonchev–Trinajstić information content (AvgIpc) is 3.12. The van der Waals surface area contributed by atoms with Gasteiger partial charge in [-0.05, 0) is 86.3 Å². The number of aromatic nitrogens is 2. The molecule has 272 valence electrons. The highest BCUT2D eigenvalue weighted by Gasteiger charge is 2.48. The summed E-state index contributed by atoms with van der Waals surface area (Å²) in [5.74, 6) is -0.323. The van der Waals surface area contributed by atoms with E-state index in [-0.39, 0.29) is 39.1 Å². The van der Waals surface area contributed by atoms with Crippen molar-refractivity contribution in [3.63, 3.8) is 0 Å². The number of rotatable bonds is 8. The first-order valence-electron chi connectivity index (χ1n) is 16.9. The van der Waals surface area contributed by atoms with Gasteiger partial charge in [0, 0.05) is 33.3 Å². The molecule has 12 heteroatoms. The highest BCUT2D eigenvalue weighted by Crippen LogP contribution is 2.43. The van der Waals surface area contributed by atoms with E-state index in [1.807, 2.05) is 78.9 Å². The van der Waals surface area contributed by atoms with Crippen LogP contribution in [0.4, 0.5) is 26.3 Å². The standard InChI is InChI=1S/C18H14O.2C12H10F3NO.Al/c19-18-16(14-8-3-1-4-9-14)12-7-13-17(18)15-10-5-2-6-11-15;2*1-6-3-7(2)16-11-9(6)4-8(5-10(11)17)12(13,14)15;/h1-13,19H;2*3-5,17H,1-2H3;/q;;;+3/p-3. The molecule has 0 spiro atoms. The van der Waals surface area contributed by atoms with Crippen LogP contribution in [-0.2, 0) is 12.4 Å². The lowest BCUT2D eigenvalue weighted by molar-refractivity contribution is -0.138. The van der Waals surface area contributed by atoms with Gasteiger partial charge in [-0.2, -0.15) is 26.3 Å². The molecule has 0 fully saturated rings. The Kier molecular flexibility index (Phi) is 9.77. The second-order valence-corrected chi connectivity index (χ2v) is 14.2. The van der Waals surface area contributed by atoms with Gasteiger partial charge in [-0.25, -0.2) is 9.97 Å². The van der Waals surface area contributed by atoms with Gasteiger partial charge in [0.1, 0.15) is 28.3 Å². The number of alkyl halides is 6. The van der Waals surface area contributed by atoms with Crippen molar-refractivity contribution in [3.05, 3.63) is 149 Å². The summed E-state index contributed by atoms with van der Waals surface area (Å²) in [6, 6.07) is 30.9. The lowest BCUT2D eigenvalue weighted by atomic mass is 9.97. The van der Waals surface area contributed by atoms with Crippen molar-refractivity contribution in [1.82, 2.24) is 9.97 Å². The predicted octanol–water partition coefficient (Wildman–Crippen LogP) is 11.9. The molecule has 2 heterocycles. The number of halogens is 6. The van der Waals surface area contributed by atoms with Crippen LogP contribution in [0, 0.1) is 27.7 Å². The van der Waals surface area contributed by atoms with Gasteiger partial charge in [-0.15, -0.1) is 0 Å². The molecule has 0 saturated heterocycles. The zero-order valence-corrected chi connectivity index (χ0v) is 30.6. The first-order chi connectivity index (χ1) is 25.7. The molecule has 0 bridgehead atoms. The maximum atomic E-state index is 14.4. The third-order valence-electron chi connectivity index (χ3n) is 8.93. The number of aryl methyl sites for hydroxylation is 4. The summed E-state index contributed by atoms with van der Waals surface area (Å²) in [5.41, 5.74) is 2.99. The molecule has 0 aliphatic rings. The summed E-state index contributed by atoms with van der Waals surface area (Å²) in [4.78, 5) is 9.07. The van der Waals surface area contributed by atoms with Crippen LogP contribution >= 0.6 is 0 Å². The molecule has 0 aliphatic carbocycles. The highest BCUT2D eigenvalue weighted by atomic mass is 27.3. The van der Waals surface area contributed by atoms with Crippen LogP contribution in [0.15, 0.2) is 115 Å². The van der Waals surface area contributed by atoms with E-state index in [4.69, 9.17) is 11.4 Å². The molecule has 0 radical (unpaired) electrons. The fraction of sp³-hybridized carbons (Fsp3) is 0.143. The van der Waals surface area contributed by atoms with Crippen LogP contribution in [0.3, 0.4) is 0 Å². The number of nitrogens with zero attached hydrogens (tertiary/aromatic N) is 2. The summed E-state index contributed by atoms with van der Waals surface area (Å²) in [7, 11) is 0. The highest BCUT2D eigenvalue weighted by molar-refractivity contribution is 6.40. The van der Waals surface area contributed by atoms with Crippen molar-refractivity contribution in [2.24, 2.45) is 0 Å². The Bertz CT molecular complexity index is 2340. The number of pyridine rings is 2. The largest absolute Gasteiger partial charge is 1.20 e. The van der Waals surface area contributed by atoms with Crippen molar-refractivity contribution in [3.8, 4) is 39.5 Å². The lowest BCUT2D eigenvalue weighted by Gasteiger charge is -2.23. The molecule has 0 unspecified atom stereocenters. The molecule has 7 aromatic rings. The quantitative estimate of drug-likeness (QED) is 0.114. The van der Waals surface area contributed by atoms with Gasteiger partial charge < -0.3 is 11.4 Å². The van der Waals surface area contributed by atoms with E-state index in [0.29, 0.717) is 33.6 Å². The minimum atomic E-state index is -4.76. The van der Waals surface area contributed by atoms with Crippen LogP contribution in [0.5, 0.6) is 17.2 Å². The van der Waals surface area contributed by atoms with Crippen molar-refractivity contribution in [1.29, 1.82) is 0 Å². The monoisotopic (exact) mass is 752 g/mol. The van der Waals surface area contributed by atoms with E-state index in [1.165, 1.54) is 0 Å². The molecular weight excluding hydrogens is 721 g/mol. The van der Waals surface area contributed by atoms with Crippen molar-refractivity contribution in [2.75, 3.05) is 0 Å². The van der Waals surface area contributed by atoms with Gasteiger partial charge in [0.25, 0.3) is 0 Å². The lowest BCUT2D eigenvalue weighted by Crippen LogP contribution is -2.37. The van der Waals surface area contributed by atoms with Crippen molar-refractivity contribution < 1.29 is 37.7 Å². The minimum Gasteiger partial charge on any atom is -0.576 e. The summed E-state index contributed by atoms with van der Waals surface area (Å²) in [5, 5.41) is 0.371. The molecule has 0 saturated carbocycles.